The van der Waals surface area contributed by atoms with Crippen molar-refractivity contribution in [3.8, 4) is 0 Å². The molecule has 1 aliphatic heterocycles. The van der Waals surface area contributed by atoms with Gasteiger partial charge in [0.05, 0.1) is 0 Å². The van der Waals surface area contributed by atoms with Crippen LogP contribution in [0.2, 0.25) is 10.5 Å². The quantitative estimate of drug-likeness (QED) is 0.549. The number of benzene rings is 1. The Labute approximate surface area is 95.4 Å². The van der Waals surface area contributed by atoms with Gasteiger partial charge in [0.1, 0.15) is 0 Å². The second kappa shape index (κ2) is 3.86. The topological polar surface area (TPSA) is 0 Å². The van der Waals surface area contributed by atoms with Gasteiger partial charge in [-0.1, -0.05) is 0 Å². The Bertz CT molecular complexity index is 353. The maximum atomic E-state index is 4.08. The summed E-state index contributed by atoms with van der Waals surface area (Å²) in [6.45, 7) is 4.57. The summed E-state index contributed by atoms with van der Waals surface area (Å²) in [6, 6.07) is 11.0. The summed E-state index contributed by atoms with van der Waals surface area (Å²) in [7, 11) is 0. The Morgan fingerprint density at radius 1 is 1.00 bits per heavy atom. The van der Waals surface area contributed by atoms with Crippen LogP contribution in [0.15, 0.2) is 41.5 Å². The van der Waals surface area contributed by atoms with Crippen LogP contribution in [-0.2, 0) is 0 Å². The maximum absolute atomic E-state index is 4.08. The number of halogens is 1. The van der Waals surface area contributed by atoms with E-state index in [1.807, 2.05) is 0 Å². The van der Waals surface area contributed by atoms with Crippen LogP contribution in [-0.4, -0.2) is 11.4 Å². The zero-order valence-corrected chi connectivity index (χ0v) is 12.4. The van der Waals surface area contributed by atoms with Gasteiger partial charge < -0.3 is 0 Å². The van der Waals surface area contributed by atoms with Gasteiger partial charge in [-0.2, -0.15) is 0 Å². The van der Waals surface area contributed by atoms with Crippen LogP contribution in [0, 0.1) is 0 Å². The van der Waals surface area contributed by atoms with Crippen molar-refractivity contribution in [3.05, 3.63) is 41.5 Å². The zero-order chi connectivity index (χ0) is 10.2. The van der Waals surface area contributed by atoms with Crippen LogP contribution < -0.4 is 4.40 Å². The first kappa shape index (κ1) is 10.5. The summed E-state index contributed by atoms with van der Waals surface area (Å²) >= 11 is 2.20. The predicted octanol–water partition coefficient (Wildman–Crippen LogP) is 3.58. The van der Waals surface area contributed by atoms with Crippen molar-refractivity contribution in [1.29, 1.82) is 0 Å². The average Bonchev–Trinajstić information content (AvgIpc) is 2.44. The molecule has 0 N–H and O–H groups in total. The van der Waals surface area contributed by atoms with Gasteiger partial charge in [-0.05, 0) is 0 Å². The monoisotopic (exact) mass is 312 g/mol. The van der Waals surface area contributed by atoms with Crippen molar-refractivity contribution in [1.82, 2.24) is 0 Å². The molecule has 0 spiro atoms. The van der Waals surface area contributed by atoms with Crippen LogP contribution in [0.1, 0.15) is 13.8 Å². The molecule has 0 unspecified atom stereocenters. The van der Waals surface area contributed by atoms with Crippen molar-refractivity contribution >= 4 is 29.8 Å². The molecule has 1 aromatic carbocycles. The Hall–Kier alpha value is -0.0171. The Kier molecular flexibility index (Phi) is 2.89. The molecule has 0 radical (unpaired) electrons. The predicted molar refractivity (Wildman–Crippen MR) is 68.7 cm³/mol. The van der Waals surface area contributed by atoms with E-state index in [0.29, 0.717) is 0 Å². The summed E-state index contributed by atoms with van der Waals surface area (Å²) in [6.07, 6.45) is 0. The molecule has 0 amide bonds. The fourth-order valence-corrected chi connectivity index (χ4v) is 15.5. The summed E-state index contributed by atoms with van der Waals surface area (Å²) in [5.41, 5.74) is 3.23. The van der Waals surface area contributed by atoms with Gasteiger partial charge in [0.2, 0.25) is 0 Å². The molecule has 2 rings (SSSR count). The Morgan fingerprint density at radius 3 is 2.00 bits per heavy atom. The van der Waals surface area contributed by atoms with E-state index in [1.165, 1.54) is 10.5 Å². The van der Waals surface area contributed by atoms with Gasteiger partial charge in [0.25, 0.3) is 0 Å². The van der Waals surface area contributed by atoms with Crippen LogP contribution in [0.4, 0.5) is 0 Å². The molecule has 0 saturated carbocycles. The van der Waals surface area contributed by atoms with Crippen LogP contribution in [0.25, 0.3) is 0 Å². The molecule has 0 fully saturated rings. The Morgan fingerprint density at radius 2 is 1.50 bits per heavy atom. The molecule has 1 aromatic rings. The minimum atomic E-state index is -1.88. The fraction of sp³-hybridized carbons (Fsp3) is 0.333. The van der Waals surface area contributed by atoms with Crippen LogP contribution in [0.5, 0.6) is 0 Å². The molecule has 0 atom stereocenters. The zero-order valence-electron chi connectivity index (χ0n) is 8.68. The molecule has 1 aliphatic rings. The third kappa shape index (κ3) is 1.85. The fourth-order valence-electron chi connectivity index (χ4n) is 2.15. The van der Waals surface area contributed by atoms with E-state index in [-0.39, 0.29) is 0 Å². The standard InChI is InChI=1S/C12H15BrGe/c1-10-8-14(13,9-11(10)2)12-6-4-3-5-7-12/h3-7H,8-9H2,1-2H3. The molecular formula is C12H15BrGe. The first-order valence-electron chi connectivity index (χ1n) is 5.01. The number of allylic oxidation sites excluding steroid dienone is 2. The normalized spacial score (nSPS) is 20.2. The van der Waals surface area contributed by atoms with E-state index in [4.69, 9.17) is 0 Å². The first-order valence-corrected chi connectivity index (χ1v) is 13.9. The van der Waals surface area contributed by atoms with Crippen molar-refractivity contribution < 1.29 is 0 Å². The van der Waals surface area contributed by atoms with E-state index in [1.54, 1.807) is 15.5 Å². The van der Waals surface area contributed by atoms with Crippen molar-refractivity contribution in [2.45, 2.75) is 24.4 Å². The summed E-state index contributed by atoms with van der Waals surface area (Å²) in [4.78, 5) is 0. The SMILES string of the molecule is CC1=C(C)[CH2][Ge]([Br])([c]2ccccc2)[CH2]1. The van der Waals surface area contributed by atoms with E-state index in [0.717, 1.165) is 0 Å². The van der Waals surface area contributed by atoms with Gasteiger partial charge in [-0.3, -0.25) is 0 Å². The van der Waals surface area contributed by atoms with Gasteiger partial charge in [0.15, 0.2) is 0 Å². The summed E-state index contributed by atoms with van der Waals surface area (Å²) in [5.74, 6) is 0. The van der Waals surface area contributed by atoms with Crippen LogP contribution in [0.3, 0.4) is 0 Å². The van der Waals surface area contributed by atoms with Crippen molar-refractivity contribution in [2.75, 3.05) is 0 Å². The average molecular weight is 312 g/mol. The number of hydrogen-bond donors (Lipinski definition) is 0. The first-order chi connectivity index (χ1) is 6.62. The molecule has 0 aliphatic carbocycles. The second-order valence-electron chi connectivity index (χ2n) is 4.25. The van der Waals surface area contributed by atoms with E-state index < -0.39 is 11.4 Å². The summed E-state index contributed by atoms with van der Waals surface area (Å²) < 4.78 is 1.59. The third-order valence-corrected chi connectivity index (χ3v) is 15.9. The van der Waals surface area contributed by atoms with Crippen molar-refractivity contribution in [2.24, 2.45) is 0 Å². The van der Waals surface area contributed by atoms with Crippen LogP contribution >= 0.6 is 14.0 Å². The molecule has 14 heavy (non-hydrogen) atoms. The minimum absolute atomic E-state index is 1.33. The number of hydrogen-bond acceptors (Lipinski definition) is 0. The van der Waals surface area contributed by atoms with E-state index in [2.05, 4.69) is 58.2 Å². The number of rotatable bonds is 1. The molecular weight excluding hydrogens is 297 g/mol. The van der Waals surface area contributed by atoms with Gasteiger partial charge >= 0.3 is 95.7 Å². The van der Waals surface area contributed by atoms with Gasteiger partial charge in [0, 0.05) is 0 Å². The second-order valence-corrected chi connectivity index (χ2v) is 18.9. The molecule has 74 valence electrons. The van der Waals surface area contributed by atoms with Crippen molar-refractivity contribution in [3.63, 3.8) is 0 Å². The molecule has 2 heteroatoms. The molecule has 0 aromatic heterocycles. The van der Waals surface area contributed by atoms with E-state index >= 15 is 0 Å². The molecule has 0 bridgehead atoms. The summed E-state index contributed by atoms with van der Waals surface area (Å²) in [5, 5.41) is 2.66. The molecule has 0 saturated heterocycles. The molecule has 0 nitrogen and oxygen atoms in total. The molecule has 1 heterocycles. The van der Waals surface area contributed by atoms with E-state index in [9.17, 15) is 0 Å². The third-order valence-electron chi connectivity index (χ3n) is 3.11. The van der Waals surface area contributed by atoms with Gasteiger partial charge in [-0.15, -0.1) is 0 Å². The van der Waals surface area contributed by atoms with Gasteiger partial charge in [-0.25, -0.2) is 0 Å². The Balaban J connectivity index is 2.30.